The molecule has 14 atom stereocenters. The molecule has 220 valence electrons. The molecule has 40 heavy (non-hydrogen) atoms. The Morgan fingerprint density at radius 2 is 1.85 bits per heavy atom. The van der Waals surface area contributed by atoms with Crippen molar-refractivity contribution in [3.8, 4) is 0 Å². The van der Waals surface area contributed by atoms with Crippen LogP contribution in [0.3, 0.4) is 0 Å². The SMILES string of the molecule is C[C@@H]1C[C@H](O)[C@@H](O)[C@H](O[C@@H]2C=C3C[C@@H]4O[C@]45[C@H]([C@H](O)C(=O)[C@]4(C)[C@@H](C6=CC(=O)OC6)CC[C@]54O)[C@@]3(C)C[C@H]2O)O1. The predicted octanol–water partition coefficient (Wildman–Crippen LogP) is -0.343. The second-order valence-electron chi connectivity index (χ2n) is 13.5. The zero-order valence-electron chi connectivity index (χ0n) is 22.9. The number of ether oxygens (including phenoxy) is 4. The molecule has 1 spiro atoms. The number of epoxide rings is 1. The van der Waals surface area contributed by atoms with Crippen LogP contribution in [0.4, 0.5) is 0 Å². The van der Waals surface area contributed by atoms with Gasteiger partial charge in [-0.15, -0.1) is 0 Å². The molecule has 4 aliphatic carbocycles. The summed E-state index contributed by atoms with van der Waals surface area (Å²) in [5.74, 6) is -2.23. The van der Waals surface area contributed by atoms with Crippen molar-refractivity contribution >= 4 is 11.8 Å². The number of fused-ring (bicyclic) bond motifs is 3. The molecule has 2 saturated heterocycles. The standard InChI is InChI=1S/C29H38O11/c1-12-6-16(30)21(33)25(38-12)39-18-8-14-9-19-29(40-19)23(26(14,2)10-17(18)31)22(34)24(35)27(3)15(4-5-28(27,29)36)13-7-20(32)37-11-13/h7-8,12,15-19,21-23,25,30-31,33-34,36H,4-6,9-11H2,1-3H3/t12-,15-,16+,17-,18-,19+,21-,22+,23-,25+,26+,27+,28-,29+/m1/s1. The van der Waals surface area contributed by atoms with Crippen molar-refractivity contribution in [3.05, 3.63) is 23.3 Å². The number of cyclic esters (lactones) is 1. The smallest absolute Gasteiger partial charge is 0.331 e. The summed E-state index contributed by atoms with van der Waals surface area (Å²) >= 11 is 0. The largest absolute Gasteiger partial charge is 0.458 e. The van der Waals surface area contributed by atoms with Gasteiger partial charge in [-0.2, -0.15) is 0 Å². The van der Waals surface area contributed by atoms with Crippen molar-refractivity contribution in [2.24, 2.45) is 22.7 Å². The Balaban J connectivity index is 1.23. The highest BCUT2D eigenvalue weighted by atomic mass is 16.7. The summed E-state index contributed by atoms with van der Waals surface area (Å²) in [6.07, 6.45) is -2.89. The number of hydrogen-bond acceptors (Lipinski definition) is 11. The van der Waals surface area contributed by atoms with Crippen LogP contribution < -0.4 is 0 Å². The number of aliphatic hydroxyl groups excluding tert-OH is 4. The highest BCUT2D eigenvalue weighted by molar-refractivity contribution is 5.94. The van der Waals surface area contributed by atoms with Crippen LogP contribution in [0.25, 0.3) is 0 Å². The first kappa shape index (κ1) is 27.2. The van der Waals surface area contributed by atoms with Crippen molar-refractivity contribution in [2.75, 3.05) is 6.61 Å². The number of hydrogen-bond donors (Lipinski definition) is 5. The van der Waals surface area contributed by atoms with Crippen LogP contribution in [0, 0.1) is 22.7 Å². The molecule has 3 saturated carbocycles. The topological polar surface area (TPSA) is 176 Å². The van der Waals surface area contributed by atoms with E-state index in [1.807, 2.05) is 6.92 Å². The van der Waals surface area contributed by atoms with E-state index in [1.54, 1.807) is 19.9 Å². The van der Waals surface area contributed by atoms with Gasteiger partial charge in [-0.3, -0.25) is 4.79 Å². The third-order valence-electron chi connectivity index (χ3n) is 11.6. The van der Waals surface area contributed by atoms with Gasteiger partial charge in [0.1, 0.15) is 36.1 Å². The summed E-state index contributed by atoms with van der Waals surface area (Å²) in [6.45, 7) is 5.40. The Morgan fingerprint density at radius 1 is 1.10 bits per heavy atom. The molecule has 0 aromatic carbocycles. The van der Waals surface area contributed by atoms with Gasteiger partial charge in [-0.1, -0.05) is 18.6 Å². The zero-order chi connectivity index (χ0) is 28.6. The van der Waals surface area contributed by atoms with Crippen molar-refractivity contribution in [2.45, 2.75) is 113 Å². The van der Waals surface area contributed by atoms with E-state index in [0.717, 1.165) is 5.57 Å². The van der Waals surface area contributed by atoms with Crippen LogP contribution in [-0.4, -0.2) is 104 Å². The van der Waals surface area contributed by atoms with Gasteiger partial charge < -0.3 is 44.5 Å². The van der Waals surface area contributed by atoms with Gasteiger partial charge in [0.05, 0.1) is 29.8 Å². The number of carbonyl (C=O) groups is 2. The number of aliphatic hydroxyl groups is 5. The van der Waals surface area contributed by atoms with Crippen molar-refractivity contribution in [3.63, 3.8) is 0 Å². The third-order valence-corrected chi connectivity index (χ3v) is 11.6. The first-order chi connectivity index (χ1) is 18.8. The zero-order valence-corrected chi connectivity index (χ0v) is 22.9. The number of rotatable bonds is 3. The van der Waals surface area contributed by atoms with E-state index < -0.39 is 88.5 Å². The number of esters is 1. The minimum absolute atomic E-state index is 0.0622. The molecular formula is C29H38O11. The summed E-state index contributed by atoms with van der Waals surface area (Å²) < 4.78 is 23.2. The lowest BCUT2D eigenvalue weighted by Crippen LogP contribution is -2.75. The monoisotopic (exact) mass is 562 g/mol. The van der Waals surface area contributed by atoms with Gasteiger partial charge in [0.25, 0.3) is 0 Å². The Bertz CT molecular complexity index is 1210. The first-order valence-corrected chi connectivity index (χ1v) is 14.3. The Morgan fingerprint density at radius 3 is 2.55 bits per heavy atom. The lowest BCUT2D eigenvalue weighted by atomic mass is 9.43. The number of Topliss-reactive ketones (excluding diaryl/α,β-unsaturated/α-hetero) is 1. The first-order valence-electron chi connectivity index (χ1n) is 14.3. The molecule has 3 heterocycles. The molecule has 0 unspecified atom stereocenters. The lowest BCUT2D eigenvalue weighted by molar-refractivity contribution is -0.282. The van der Waals surface area contributed by atoms with E-state index in [2.05, 4.69) is 0 Å². The molecule has 5 N–H and O–H groups in total. The minimum Gasteiger partial charge on any atom is -0.458 e. The molecule has 7 rings (SSSR count). The van der Waals surface area contributed by atoms with Crippen LogP contribution >= 0.6 is 0 Å². The van der Waals surface area contributed by atoms with Crippen LogP contribution in [0.2, 0.25) is 0 Å². The second kappa shape index (κ2) is 8.44. The van der Waals surface area contributed by atoms with E-state index in [-0.39, 0.29) is 32.0 Å². The normalized spacial score (nSPS) is 56.8. The number of ketones is 1. The Kier molecular flexibility index (Phi) is 5.73. The third kappa shape index (κ3) is 3.18. The van der Waals surface area contributed by atoms with E-state index in [0.29, 0.717) is 18.4 Å². The fourth-order valence-electron chi connectivity index (χ4n) is 9.55. The predicted molar refractivity (Wildman–Crippen MR) is 134 cm³/mol. The Hall–Kier alpha value is -1.70. The van der Waals surface area contributed by atoms with Gasteiger partial charge >= 0.3 is 5.97 Å². The van der Waals surface area contributed by atoms with Gasteiger partial charge in [-0.05, 0) is 56.4 Å². The van der Waals surface area contributed by atoms with E-state index >= 15 is 0 Å². The van der Waals surface area contributed by atoms with E-state index in [4.69, 9.17) is 18.9 Å². The highest BCUT2D eigenvalue weighted by Crippen LogP contribution is 2.76. The second-order valence-corrected chi connectivity index (χ2v) is 13.5. The average molecular weight is 563 g/mol. The molecule has 7 aliphatic rings. The quantitative estimate of drug-likeness (QED) is 0.173. The van der Waals surface area contributed by atoms with E-state index in [1.165, 1.54) is 6.08 Å². The fraction of sp³-hybridized carbons (Fsp3) is 0.793. The molecular weight excluding hydrogens is 524 g/mol. The molecule has 0 amide bonds. The fourth-order valence-corrected chi connectivity index (χ4v) is 9.55. The lowest BCUT2D eigenvalue weighted by Gasteiger charge is -2.61. The maximum Gasteiger partial charge on any atom is 0.331 e. The Labute approximate surface area is 231 Å². The van der Waals surface area contributed by atoms with Crippen molar-refractivity contribution in [1.29, 1.82) is 0 Å². The molecule has 0 aromatic rings. The molecule has 0 bridgehead atoms. The molecule has 5 fully saturated rings. The van der Waals surface area contributed by atoms with E-state index in [9.17, 15) is 35.1 Å². The average Bonchev–Trinajstić information content (AvgIpc) is 3.33. The molecule has 3 aliphatic heterocycles. The van der Waals surface area contributed by atoms with Gasteiger partial charge in [0.2, 0.25) is 0 Å². The van der Waals surface area contributed by atoms with Crippen molar-refractivity contribution in [1.82, 2.24) is 0 Å². The van der Waals surface area contributed by atoms with Gasteiger partial charge in [-0.25, -0.2) is 4.79 Å². The minimum atomic E-state index is -1.58. The summed E-state index contributed by atoms with van der Waals surface area (Å²) in [4.78, 5) is 26.0. The van der Waals surface area contributed by atoms with Crippen LogP contribution in [0.1, 0.15) is 52.9 Å². The number of carbonyl (C=O) groups excluding carboxylic acids is 2. The summed E-state index contributed by atoms with van der Waals surface area (Å²) in [5.41, 5.74) is -3.53. The summed E-state index contributed by atoms with van der Waals surface area (Å²) in [5, 5.41) is 56.1. The molecule has 11 nitrogen and oxygen atoms in total. The maximum atomic E-state index is 14.1. The van der Waals surface area contributed by atoms with Gasteiger partial charge in [0.15, 0.2) is 12.1 Å². The maximum absolute atomic E-state index is 14.1. The molecule has 0 aromatic heterocycles. The summed E-state index contributed by atoms with van der Waals surface area (Å²) in [6, 6.07) is 0. The van der Waals surface area contributed by atoms with Crippen LogP contribution in [0.5, 0.6) is 0 Å². The highest BCUT2D eigenvalue weighted by Gasteiger charge is 2.88. The molecule has 0 radical (unpaired) electrons. The molecule has 11 heteroatoms. The van der Waals surface area contributed by atoms with Crippen molar-refractivity contribution < 1.29 is 54.1 Å². The van der Waals surface area contributed by atoms with Gasteiger partial charge in [0, 0.05) is 18.4 Å². The summed E-state index contributed by atoms with van der Waals surface area (Å²) in [7, 11) is 0. The van der Waals surface area contributed by atoms with Crippen LogP contribution in [0.15, 0.2) is 23.3 Å². The van der Waals surface area contributed by atoms with Crippen LogP contribution in [-0.2, 0) is 28.5 Å².